The number of carboxylic acid groups (broad SMARTS) is 2. The van der Waals surface area contributed by atoms with Crippen molar-refractivity contribution in [2.45, 2.75) is 92.4 Å². The molecule has 0 aromatic heterocycles. The van der Waals surface area contributed by atoms with Gasteiger partial charge in [0.15, 0.2) is 0 Å². The number of unbranched alkanes of at least 4 members (excludes halogenated alkanes) is 3. The van der Waals surface area contributed by atoms with Crippen LogP contribution < -0.4 is 0 Å². The van der Waals surface area contributed by atoms with Crippen molar-refractivity contribution in [3.05, 3.63) is 34.9 Å². The Morgan fingerprint density at radius 2 is 1.21 bits per heavy atom. The second-order valence-corrected chi connectivity index (χ2v) is 9.42. The molecule has 0 radical (unpaired) electrons. The van der Waals surface area contributed by atoms with Crippen molar-refractivity contribution in [3.8, 4) is 0 Å². The summed E-state index contributed by atoms with van der Waals surface area (Å²) in [6.07, 6.45) is 8.37. The molecule has 0 saturated heterocycles. The van der Waals surface area contributed by atoms with E-state index in [0.717, 1.165) is 44.9 Å². The van der Waals surface area contributed by atoms with Gasteiger partial charge >= 0.3 is 11.9 Å². The molecular formula is C24H38O4. The first-order chi connectivity index (χ1) is 13.0. The smallest absolute Gasteiger partial charge is 0.309 e. The van der Waals surface area contributed by atoms with E-state index >= 15 is 0 Å². The summed E-state index contributed by atoms with van der Waals surface area (Å²) in [6.45, 7) is 9.27. The van der Waals surface area contributed by atoms with E-state index in [1.807, 2.05) is 0 Å². The summed E-state index contributed by atoms with van der Waals surface area (Å²) in [5, 5.41) is 18.4. The van der Waals surface area contributed by atoms with Crippen LogP contribution in [0, 0.1) is 17.8 Å². The quantitative estimate of drug-likeness (QED) is 0.403. The maximum atomic E-state index is 11.2. The van der Waals surface area contributed by atoms with E-state index in [1.54, 1.807) is 27.7 Å². The summed E-state index contributed by atoms with van der Waals surface area (Å²) in [5.41, 5.74) is 2.72. The summed E-state index contributed by atoms with van der Waals surface area (Å²) in [4.78, 5) is 22.4. The number of rotatable bonds is 13. The van der Waals surface area contributed by atoms with Crippen LogP contribution in [0.15, 0.2) is 18.2 Å². The van der Waals surface area contributed by atoms with Gasteiger partial charge in [-0.1, -0.05) is 43.0 Å². The largest absolute Gasteiger partial charge is 0.481 e. The molecule has 0 aliphatic carbocycles. The number of carboxylic acids is 2. The maximum Gasteiger partial charge on any atom is 0.309 e. The van der Waals surface area contributed by atoms with Crippen molar-refractivity contribution in [1.29, 1.82) is 0 Å². The molecular weight excluding hydrogens is 352 g/mol. The summed E-state index contributed by atoms with van der Waals surface area (Å²) in [5.74, 6) is -1.45. The van der Waals surface area contributed by atoms with Crippen molar-refractivity contribution < 1.29 is 19.8 Å². The first kappa shape index (κ1) is 24.2. The van der Waals surface area contributed by atoms with Crippen LogP contribution in [0.1, 0.15) is 89.3 Å². The lowest BCUT2D eigenvalue weighted by Crippen LogP contribution is -2.23. The van der Waals surface area contributed by atoms with Gasteiger partial charge in [-0.3, -0.25) is 9.59 Å². The second-order valence-electron chi connectivity index (χ2n) is 9.42. The van der Waals surface area contributed by atoms with Crippen LogP contribution in [-0.4, -0.2) is 22.2 Å². The molecule has 1 rings (SSSR count). The van der Waals surface area contributed by atoms with Gasteiger partial charge in [-0.2, -0.15) is 0 Å². The van der Waals surface area contributed by atoms with Gasteiger partial charge in [0.1, 0.15) is 0 Å². The molecule has 0 aliphatic rings. The number of aliphatic carboxylic acids is 2. The molecule has 1 aromatic carbocycles. The molecule has 0 heterocycles. The Labute approximate surface area is 170 Å². The molecule has 0 amide bonds. The molecule has 4 heteroatoms. The zero-order valence-electron chi connectivity index (χ0n) is 18.3. The van der Waals surface area contributed by atoms with Gasteiger partial charge in [0, 0.05) is 0 Å². The topological polar surface area (TPSA) is 74.6 Å². The average Bonchev–Trinajstić information content (AvgIpc) is 2.59. The summed E-state index contributed by atoms with van der Waals surface area (Å²) < 4.78 is 0. The third-order valence-electron chi connectivity index (χ3n) is 5.77. The molecule has 0 atom stereocenters. The molecule has 4 nitrogen and oxygen atoms in total. The lowest BCUT2D eigenvalue weighted by molar-refractivity contribution is -0.148. The highest BCUT2D eigenvalue weighted by Gasteiger charge is 2.26. The van der Waals surface area contributed by atoms with Crippen molar-refractivity contribution in [2.24, 2.45) is 10.8 Å². The number of aryl methyl sites for hydroxylation is 3. The van der Waals surface area contributed by atoms with E-state index in [4.69, 9.17) is 0 Å². The van der Waals surface area contributed by atoms with Crippen LogP contribution in [0.2, 0.25) is 0 Å². The molecule has 0 spiro atoms. The van der Waals surface area contributed by atoms with Crippen LogP contribution in [0.25, 0.3) is 0 Å². The molecule has 158 valence electrons. The Bertz CT molecular complexity index is 659. The van der Waals surface area contributed by atoms with E-state index < -0.39 is 22.8 Å². The zero-order valence-corrected chi connectivity index (χ0v) is 18.3. The van der Waals surface area contributed by atoms with Crippen molar-refractivity contribution in [3.63, 3.8) is 0 Å². The summed E-state index contributed by atoms with van der Waals surface area (Å²) in [6, 6.07) is 6.62. The SMILES string of the molecule is Cc1ccc(CCCCC(C)(C)C(=O)O)c(CCCCCC(C)(C)C(=O)O)c1. The van der Waals surface area contributed by atoms with E-state index in [0.29, 0.717) is 12.8 Å². The Morgan fingerprint density at radius 3 is 1.75 bits per heavy atom. The highest BCUT2D eigenvalue weighted by atomic mass is 16.4. The van der Waals surface area contributed by atoms with Gasteiger partial charge in [-0.15, -0.1) is 0 Å². The minimum Gasteiger partial charge on any atom is -0.481 e. The third kappa shape index (κ3) is 8.04. The van der Waals surface area contributed by atoms with E-state index in [-0.39, 0.29) is 0 Å². The molecule has 0 unspecified atom stereocenters. The van der Waals surface area contributed by atoms with Gasteiger partial charge < -0.3 is 10.2 Å². The van der Waals surface area contributed by atoms with Gasteiger partial charge in [0.2, 0.25) is 0 Å². The van der Waals surface area contributed by atoms with Crippen molar-refractivity contribution >= 4 is 11.9 Å². The number of benzene rings is 1. The fraction of sp³-hybridized carbons (Fsp3) is 0.667. The van der Waals surface area contributed by atoms with E-state index in [2.05, 4.69) is 25.1 Å². The average molecular weight is 391 g/mol. The molecule has 0 fully saturated rings. The Morgan fingerprint density at radius 1 is 0.750 bits per heavy atom. The Hall–Kier alpha value is -1.84. The number of hydrogen-bond acceptors (Lipinski definition) is 2. The standard InChI is InChI=1S/C24H38O4/c1-18-13-14-19(11-8-10-16-24(4,5)22(27)28)20(17-18)12-7-6-9-15-23(2,3)21(25)26/h13-14,17H,6-12,15-16H2,1-5H3,(H,25,26)(H,27,28). The molecule has 0 bridgehead atoms. The minimum atomic E-state index is -0.727. The van der Waals surface area contributed by atoms with Crippen LogP contribution in [0.5, 0.6) is 0 Å². The normalized spacial score (nSPS) is 12.2. The van der Waals surface area contributed by atoms with Crippen molar-refractivity contribution in [1.82, 2.24) is 0 Å². The maximum absolute atomic E-state index is 11.2. The molecule has 1 aromatic rings. The van der Waals surface area contributed by atoms with Crippen LogP contribution in [0.4, 0.5) is 0 Å². The summed E-state index contributed by atoms with van der Waals surface area (Å²) >= 11 is 0. The van der Waals surface area contributed by atoms with Crippen LogP contribution >= 0.6 is 0 Å². The fourth-order valence-corrected chi connectivity index (χ4v) is 3.39. The Balaban J connectivity index is 2.49. The molecule has 2 N–H and O–H groups in total. The van der Waals surface area contributed by atoms with Gasteiger partial charge in [-0.05, 0) is 84.3 Å². The lowest BCUT2D eigenvalue weighted by atomic mass is 9.86. The van der Waals surface area contributed by atoms with E-state index in [1.165, 1.54) is 16.7 Å². The Kier molecular flexibility index (Phi) is 9.19. The minimum absolute atomic E-state index is 0.641. The predicted molar refractivity (Wildman–Crippen MR) is 114 cm³/mol. The molecule has 0 aliphatic heterocycles. The zero-order chi connectivity index (χ0) is 21.4. The van der Waals surface area contributed by atoms with Crippen LogP contribution in [-0.2, 0) is 22.4 Å². The van der Waals surface area contributed by atoms with Crippen LogP contribution in [0.3, 0.4) is 0 Å². The molecule has 0 saturated carbocycles. The number of hydrogen-bond donors (Lipinski definition) is 2. The first-order valence-corrected chi connectivity index (χ1v) is 10.5. The predicted octanol–water partition coefficient (Wildman–Crippen LogP) is 6.03. The van der Waals surface area contributed by atoms with Crippen molar-refractivity contribution in [2.75, 3.05) is 0 Å². The van der Waals surface area contributed by atoms with Gasteiger partial charge in [0.05, 0.1) is 10.8 Å². The third-order valence-corrected chi connectivity index (χ3v) is 5.77. The highest BCUT2D eigenvalue weighted by molar-refractivity contribution is 5.73. The van der Waals surface area contributed by atoms with Gasteiger partial charge in [-0.25, -0.2) is 0 Å². The van der Waals surface area contributed by atoms with E-state index in [9.17, 15) is 19.8 Å². The summed E-state index contributed by atoms with van der Waals surface area (Å²) in [7, 11) is 0. The lowest BCUT2D eigenvalue weighted by Gasteiger charge is -2.19. The number of carbonyl (C=O) groups is 2. The monoisotopic (exact) mass is 390 g/mol. The fourth-order valence-electron chi connectivity index (χ4n) is 3.39. The second kappa shape index (κ2) is 10.6. The first-order valence-electron chi connectivity index (χ1n) is 10.5. The highest BCUT2D eigenvalue weighted by Crippen LogP contribution is 2.26. The van der Waals surface area contributed by atoms with Gasteiger partial charge in [0.25, 0.3) is 0 Å². The molecule has 28 heavy (non-hydrogen) atoms.